The second-order valence-corrected chi connectivity index (χ2v) is 4.15. The zero-order valence-electron chi connectivity index (χ0n) is 9.03. The molecule has 3 nitrogen and oxygen atoms in total. The average molecular weight is 205 g/mol. The maximum atomic E-state index is 11.9. The molecule has 80 valence electrons. The molecule has 0 bridgehead atoms. The van der Waals surface area contributed by atoms with Gasteiger partial charge in [-0.15, -0.1) is 0 Å². The van der Waals surface area contributed by atoms with E-state index in [4.69, 9.17) is 0 Å². The first-order valence-corrected chi connectivity index (χ1v) is 5.16. The molecular weight excluding hydrogens is 190 g/mol. The molecular formula is C12H15NO2. The van der Waals surface area contributed by atoms with Crippen molar-refractivity contribution in [1.29, 1.82) is 0 Å². The standard InChI is InChI=1S/C12H15NO2/c1-8-7-9(3-6-11(8)14)12(15)13(2)10-4-5-10/h3,6-7,10,14H,4-5H2,1-2H3. The first kappa shape index (κ1) is 10.0. The lowest BCUT2D eigenvalue weighted by Crippen LogP contribution is -2.28. The van der Waals surface area contributed by atoms with Gasteiger partial charge in [0, 0.05) is 18.7 Å². The molecule has 0 aliphatic heterocycles. The van der Waals surface area contributed by atoms with Crippen LogP contribution in [0.5, 0.6) is 5.75 Å². The Kier molecular flexibility index (Phi) is 2.39. The zero-order chi connectivity index (χ0) is 11.0. The molecule has 0 radical (unpaired) electrons. The van der Waals surface area contributed by atoms with Gasteiger partial charge in [-0.05, 0) is 43.5 Å². The maximum absolute atomic E-state index is 11.9. The summed E-state index contributed by atoms with van der Waals surface area (Å²) in [4.78, 5) is 13.7. The highest BCUT2D eigenvalue weighted by Crippen LogP contribution is 2.27. The molecule has 1 aliphatic carbocycles. The number of aryl methyl sites for hydroxylation is 1. The molecule has 0 saturated heterocycles. The summed E-state index contributed by atoms with van der Waals surface area (Å²) in [5.74, 6) is 0.279. The zero-order valence-corrected chi connectivity index (χ0v) is 9.03. The summed E-state index contributed by atoms with van der Waals surface area (Å²) < 4.78 is 0. The SMILES string of the molecule is Cc1cc(C(=O)N(C)C2CC2)ccc1O. The predicted molar refractivity (Wildman–Crippen MR) is 58.0 cm³/mol. The third-order valence-corrected chi connectivity index (χ3v) is 2.86. The van der Waals surface area contributed by atoms with Crippen molar-refractivity contribution >= 4 is 5.91 Å². The van der Waals surface area contributed by atoms with Crippen LogP contribution in [0.3, 0.4) is 0 Å². The van der Waals surface area contributed by atoms with Crippen molar-refractivity contribution in [1.82, 2.24) is 4.90 Å². The van der Waals surface area contributed by atoms with Gasteiger partial charge in [0.05, 0.1) is 0 Å². The Labute approximate surface area is 89.3 Å². The molecule has 1 fully saturated rings. The highest BCUT2D eigenvalue weighted by Gasteiger charge is 2.30. The largest absolute Gasteiger partial charge is 0.508 e. The minimum Gasteiger partial charge on any atom is -0.508 e. The van der Waals surface area contributed by atoms with E-state index in [0.29, 0.717) is 11.6 Å². The molecule has 1 amide bonds. The van der Waals surface area contributed by atoms with Crippen molar-refractivity contribution in [3.8, 4) is 5.75 Å². The number of rotatable bonds is 2. The second kappa shape index (κ2) is 3.57. The fourth-order valence-corrected chi connectivity index (χ4v) is 1.62. The molecule has 1 aromatic carbocycles. The van der Waals surface area contributed by atoms with Gasteiger partial charge < -0.3 is 10.0 Å². The van der Waals surface area contributed by atoms with Crippen molar-refractivity contribution in [2.75, 3.05) is 7.05 Å². The van der Waals surface area contributed by atoms with Crippen molar-refractivity contribution in [3.63, 3.8) is 0 Å². The lowest BCUT2D eigenvalue weighted by molar-refractivity contribution is 0.0785. The number of carbonyl (C=O) groups excluding carboxylic acids is 1. The summed E-state index contributed by atoms with van der Waals surface area (Å²) in [7, 11) is 1.84. The third kappa shape index (κ3) is 1.96. The number of hydrogen-bond acceptors (Lipinski definition) is 2. The third-order valence-electron chi connectivity index (χ3n) is 2.86. The number of phenols is 1. The Morgan fingerprint density at radius 3 is 2.67 bits per heavy atom. The monoisotopic (exact) mass is 205 g/mol. The molecule has 1 aromatic rings. The Bertz CT molecular complexity index is 397. The fraction of sp³-hybridized carbons (Fsp3) is 0.417. The number of benzene rings is 1. The molecule has 0 aromatic heterocycles. The predicted octanol–water partition coefficient (Wildman–Crippen LogP) is 1.94. The maximum Gasteiger partial charge on any atom is 0.253 e. The summed E-state index contributed by atoms with van der Waals surface area (Å²) in [6.45, 7) is 1.79. The first-order valence-electron chi connectivity index (χ1n) is 5.16. The van der Waals surface area contributed by atoms with Crippen LogP contribution in [0.15, 0.2) is 18.2 Å². The van der Waals surface area contributed by atoms with Crippen LogP contribution in [0, 0.1) is 6.92 Å². The van der Waals surface area contributed by atoms with Crippen LogP contribution in [0.25, 0.3) is 0 Å². The summed E-state index contributed by atoms with van der Waals surface area (Å²) in [5.41, 5.74) is 1.39. The van der Waals surface area contributed by atoms with Crippen molar-refractivity contribution < 1.29 is 9.90 Å². The minimum atomic E-state index is 0.0422. The highest BCUT2D eigenvalue weighted by atomic mass is 16.3. The molecule has 3 heteroatoms. The molecule has 2 rings (SSSR count). The Morgan fingerprint density at radius 2 is 2.13 bits per heavy atom. The van der Waals surface area contributed by atoms with Crippen LogP contribution >= 0.6 is 0 Å². The van der Waals surface area contributed by atoms with Crippen molar-refractivity contribution in [2.24, 2.45) is 0 Å². The van der Waals surface area contributed by atoms with Crippen molar-refractivity contribution in [3.05, 3.63) is 29.3 Å². The smallest absolute Gasteiger partial charge is 0.253 e. The molecule has 0 unspecified atom stereocenters. The summed E-state index contributed by atoms with van der Waals surface area (Å²) in [5, 5.41) is 9.36. The van der Waals surface area contributed by atoms with Crippen LogP contribution in [-0.4, -0.2) is 29.0 Å². The fourth-order valence-electron chi connectivity index (χ4n) is 1.62. The van der Waals surface area contributed by atoms with Crippen molar-refractivity contribution in [2.45, 2.75) is 25.8 Å². The van der Waals surface area contributed by atoms with E-state index >= 15 is 0 Å². The number of phenolic OH excluding ortho intramolecular Hbond substituents is 1. The van der Waals surface area contributed by atoms with Gasteiger partial charge in [0.15, 0.2) is 0 Å². The van der Waals surface area contributed by atoms with Gasteiger partial charge in [0.25, 0.3) is 5.91 Å². The quantitative estimate of drug-likeness (QED) is 0.801. The van der Waals surface area contributed by atoms with Gasteiger partial charge in [0.2, 0.25) is 0 Å². The molecule has 1 aliphatic rings. The van der Waals surface area contributed by atoms with E-state index in [1.165, 1.54) is 0 Å². The molecule has 15 heavy (non-hydrogen) atoms. The summed E-state index contributed by atoms with van der Waals surface area (Å²) in [6, 6.07) is 5.40. The molecule has 0 spiro atoms. The Balaban J connectivity index is 2.21. The number of amides is 1. The molecule has 1 N–H and O–H groups in total. The Hall–Kier alpha value is -1.51. The number of hydrogen-bond donors (Lipinski definition) is 1. The van der Waals surface area contributed by atoms with Crippen LogP contribution < -0.4 is 0 Å². The van der Waals surface area contributed by atoms with Gasteiger partial charge in [-0.3, -0.25) is 4.79 Å². The van der Waals surface area contributed by atoms with E-state index in [2.05, 4.69) is 0 Å². The summed E-state index contributed by atoms with van der Waals surface area (Å²) in [6.07, 6.45) is 2.22. The molecule has 0 heterocycles. The van der Waals surface area contributed by atoms with E-state index in [0.717, 1.165) is 18.4 Å². The second-order valence-electron chi connectivity index (χ2n) is 4.15. The van der Waals surface area contributed by atoms with Crippen LogP contribution in [0.2, 0.25) is 0 Å². The van der Waals surface area contributed by atoms with E-state index in [-0.39, 0.29) is 11.7 Å². The lowest BCUT2D eigenvalue weighted by Gasteiger charge is -2.16. The van der Waals surface area contributed by atoms with Crippen LogP contribution in [-0.2, 0) is 0 Å². The molecule has 1 saturated carbocycles. The highest BCUT2D eigenvalue weighted by molar-refractivity contribution is 5.94. The van der Waals surface area contributed by atoms with Gasteiger partial charge in [0.1, 0.15) is 5.75 Å². The van der Waals surface area contributed by atoms with Gasteiger partial charge >= 0.3 is 0 Å². The van der Waals surface area contributed by atoms with Crippen LogP contribution in [0.4, 0.5) is 0 Å². The lowest BCUT2D eigenvalue weighted by atomic mass is 10.1. The number of carbonyl (C=O) groups is 1. The Morgan fingerprint density at radius 1 is 1.47 bits per heavy atom. The van der Waals surface area contributed by atoms with Gasteiger partial charge in [-0.2, -0.15) is 0 Å². The number of nitrogens with zero attached hydrogens (tertiary/aromatic N) is 1. The van der Waals surface area contributed by atoms with E-state index in [1.54, 1.807) is 30.0 Å². The van der Waals surface area contributed by atoms with E-state index < -0.39 is 0 Å². The molecule has 0 atom stereocenters. The van der Waals surface area contributed by atoms with Gasteiger partial charge in [-0.25, -0.2) is 0 Å². The van der Waals surface area contributed by atoms with E-state index in [9.17, 15) is 9.90 Å². The normalized spacial score (nSPS) is 15.1. The minimum absolute atomic E-state index is 0.0422. The van der Waals surface area contributed by atoms with Crippen LogP contribution in [0.1, 0.15) is 28.8 Å². The topological polar surface area (TPSA) is 40.5 Å². The van der Waals surface area contributed by atoms with E-state index in [1.807, 2.05) is 7.05 Å². The number of aromatic hydroxyl groups is 1. The summed E-state index contributed by atoms with van der Waals surface area (Å²) >= 11 is 0. The average Bonchev–Trinajstić information content (AvgIpc) is 3.03. The van der Waals surface area contributed by atoms with Gasteiger partial charge in [-0.1, -0.05) is 0 Å². The first-order chi connectivity index (χ1) is 7.09.